The van der Waals surface area contributed by atoms with E-state index in [1.807, 2.05) is 30.3 Å². The summed E-state index contributed by atoms with van der Waals surface area (Å²) in [7, 11) is 1.78. The number of ether oxygens (including phenoxy) is 1. The molecule has 1 aromatic rings. The van der Waals surface area contributed by atoms with E-state index in [0.717, 1.165) is 18.5 Å². The number of hydrogen-bond acceptors (Lipinski definition) is 4. The molecule has 2 rings (SSSR count). The normalized spacial score (nSPS) is 18.9. The largest absolute Gasteiger partial charge is 0.445 e. The summed E-state index contributed by atoms with van der Waals surface area (Å²) in [5.74, 6) is 0. The molecule has 1 atom stereocenters. The number of piperidine rings is 1. The highest BCUT2D eigenvalue weighted by Crippen LogP contribution is 2.17. The summed E-state index contributed by atoms with van der Waals surface area (Å²) in [6.07, 6.45) is 3.12. The summed E-state index contributed by atoms with van der Waals surface area (Å²) in [5.41, 5.74) is 0.990. The molecule has 0 aliphatic carbocycles. The summed E-state index contributed by atoms with van der Waals surface area (Å²) in [6.45, 7) is 2.79. The summed E-state index contributed by atoms with van der Waals surface area (Å²) in [6, 6.07) is 10.0. The van der Waals surface area contributed by atoms with E-state index in [9.17, 15) is 4.79 Å². The molecule has 1 amide bonds. The Bertz CT molecular complexity index is 450. The van der Waals surface area contributed by atoms with Gasteiger partial charge in [-0.1, -0.05) is 36.8 Å². The first-order valence-corrected chi connectivity index (χ1v) is 7.97. The summed E-state index contributed by atoms with van der Waals surface area (Å²) >= 11 is 0. The second-order valence-electron chi connectivity index (χ2n) is 5.83. The van der Waals surface area contributed by atoms with Crippen LogP contribution in [0.3, 0.4) is 0 Å². The summed E-state index contributed by atoms with van der Waals surface area (Å²) in [5, 5.41) is 9.14. The van der Waals surface area contributed by atoms with Gasteiger partial charge in [-0.05, 0) is 24.9 Å². The fourth-order valence-electron chi connectivity index (χ4n) is 2.91. The lowest BCUT2D eigenvalue weighted by atomic mass is 10.0. The van der Waals surface area contributed by atoms with Crippen molar-refractivity contribution in [3.63, 3.8) is 0 Å². The third-order valence-electron chi connectivity index (χ3n) is 4.14. The van der Waals surface area contributed by atoms with Crippen LogP contribution >= 0.6 is 0 Å². The molecule has 5 heteroatoms. The highest BCUT2D eigenvalue weighted by Gasteiger charge is 2.25. The number of likely N-dealkylation sites (tertiary alicyclic amines) is 1. The van der Waals surface area contributed by atoms with E-state index in [4.69, 9.17) is 9.84 Å². The maximum Gasteiger partial charge on any atom is 0.409 e. The number of benzene rings is 1. The van der Waals surface area contributed by atoms with Crippen molar-refractivity contribution in [2.24, 2.45) is 0 Å². The van der Waals surface area contributed by atoms with E-state index in [2.05, 4.69) is 4.90 Å². The number of aliphatic hydroxyl groups is 1. The fourth-order valence-corrected chi connectivity index (χ4v) is 2.91. The number of aliphatic hydroxyl groups excluding tert-OH is 1. The van der Waals surface area contributed by atoms with Crippen molar-refractivity contribution in [2.75, 3.05) is 33.3 Å². The van der Waals surface area contributed by atoms with Crippen LogP contribution in [0.4, 0.5) is 4.79 Å². The Labute approximate surface area is 132 Å². The lowest BCUT2D eigenvalue weighted by molar-refractivity contribution is 0.0707. The van der Waals surface area contributed by atoms with Crippen molar-refractivity contribution in [3.05, 3.63) is 35.9 Å². The smallest absolute Gasteiger partial charge is 0.409 e. The lowest BCUT2D eigenvalue weighted by Crippen LogP contribution is -2.48. The van der Waals surface area contributed by atoms with Crippen LogP contribution in [0.25, 0.3) is 0 Å². The van der Waals surface area contributed by atoms with Gasteiger partial charge in [0, 0.05) is 26.2 Å². The molecule has 0 radical (unpaired) electrons. The van der Waals surface area contributed by atoms with Gasteiger partial charge in [0.2, 0.25) is 0 Å². The molecule has 0 bridgehead atoms. The van der Waals surface area contributed by atoms with Gasteiger partial charge in [-0.3, -0.25) is 4.90 Å². The monoisotopic (exact) mass is 306 g/mol. The van der Waals surface area contributed by atoms with Gasteiger partial charge in [-0.2, -0.15) is 0 Å². The quantitative estimate of drug-likeness (QED) is 0.874. The van der Waals surface area contributed by atoms with Crippen LogP contribution < -0.4 is 0 Å². The Morgan fingerprint density at radius 2 is 2.14 bits per heavy atom. The van der Waals surface area contributed by atoms with Gasteiger partial charge in [0.05, 0.1) is 6.61 Å². The van der Waals surface area contributed by atoms with Gasteiger partial charge in [-0.25, -0.2) is 4.79 Å². The number of nitrogens with zero attached hydrogens (tertiary/aromatic N) is 2. The van der Waals surface area contributed by atoms with E-state index in [1.165, 1.54) is 12.8 Å². The van der Waals surface area contributed by atoms with Gasteiger partial charge >= 0.3 is 6.09 Å². The zero-order valence-corrected chi connectivity index (χ0v) is 13.3. The number of hydrogen-bond donors (Lipinski definition) is 1. The maximum atomic E-state index is 12.1. The summed E-state index contributed by atoms with van der Waals surface area (Å²) < 4.78 is 5.35. The third-order valence-corrected chi connectivity index (χ3v) is 4.14. The average Bonchev–Trinajstić information content (AvgIpc) is 2.55. The van der Waals surface area contributed by atoms with E-state index in [-0.39, 0.29) is 12.7 Å². The summed E-state index contributed by atoms with van der Waals surface area (Å²) in [4.78, 5) is 16.0. The molecular formula is C17H26N2O3. The van der Waals surface area contributed by atoms with E-state index < -0.39 is 0 Å². The van der Waals surface area contributed by atoms with Gasteiger partial charge in [0.15, 0.2) is 0 Å². The standard InChI is InChI=1S/C17H26N2O3/c1-18(13-16-9-5-6-10-19(16)11-12-20)17(21)22-14-15-7-3-2-4-8-15/h2-4,7-8,16,20H,5-6,9-14H2,1H3/t16-/m0/s1. The Balaban J connectivity index is 1.79. The molecule has 0 saturated carbocycles. The van der Waals surface area contributed by atoms with Gasteiger partial charge in [0.25, 0.3) is 0 Å². The number of carbonyl (C=O) groups excluding carboxylic acids is 1. The van der Waals surface area contributed by atoms with Crippen LogP contribution in [0.15, 0.2) is 30.3 Å². The predicted octanol–water partition coefficient (Wildman–Crippen LogP) is 2.10. The topological polar surface area (TPSA) is 53.0 Å². The first-order chi connectivity index (χ1) is 10.7. The highest BCUT2D eigenvalue weighted by atomic mass is 16.6. The fraction of sp³-hybridized carbons (Fsp3) is 0.588. The number of β-amino-alcohol motifs (C(OH)–C–C–N with tert-alkyl or cyclic N) is 1. The molecule has 1 aliphatic heterocycles. The Morgan fingerprint density at radius 3 is 2.86 bits per heavy atom. The predicted molar refractivity (Wildman–Crippen MR) is 85.6 cm³/mol. The molecule has 5 nitrogen and oxygen atoms in total. The van der Waals surface area contributed by atoms with Crippen LogP contribution in [-0.4, -0.2) is 60.3 Å². The second-order valence-corrected chi connectivity index (χ2v) is 5.83. The van der Waals surface area contributed by atoms with E-state index in [0.29, 0.717) is 25.7 Å². The van der Waals surface area contributed by atoms with Gasteiger partial charge < -0.3 is 14.7 Å². The maximum absolute atomic E-state index is 12.1. The van der Waals surface area contributed by atoms with Crippen molar-refractivity contribution >= 4 is 6.09 Å². The molecule has 1 saturated heterocycles. The molecule has 1 aromatic carbocycles. The van der Waals surface area contributed by atoms with Crippen molar-refractivity contribution in [3.8, 4) is 0 Å². The molecule has 1 fully saturated rings. The first-order valence-electron chi connectivity index (χ1n) is 7.97. The number of rotatable bonds is 6. The van der Waals surface area contributed by atoms with Crippen molar-refractivity contribution in [2.45, 2.75) is 31.9 Å². The molecular weight excluding hydrogens is 280 g/mol. The number of amides is 1. The van der Waals surface area contributed by atoms with Crippen molar-refractivity contribution < 1.29 is 14.6 Å². The number of likely N-dealkylation sites (N-methyl/N-ethyl adjacent to an activating group) is 1. The van der Waals surface area contributed by atoms with Crippen LogP contribution in [0, 0.1) is 0 Å². The zero-order chi connectivity index (χ0) is 15.8. The molecule has 122 valence electrons. The average molecular weight is 306 g/mol. The van der Waals surface area contributed by atoms with Gasteiger partial charge in [0.1, 0.15) is 6.61 Å². The van der Waals surface area contributed by atoms with E-state index in [1.54, 1.807) is 11.9 Å². The Hall–Kier alpha value is -1.59. The van der Waals surface area contributed by atoms with Crippen LogP contribution in [0.2, 0.25) is 0 Å². The molecule has 1 N–H and O–H groups in total. The highest BCUT2D eigenvalue weighted by molar-refractivity contribution is 5.67. The SMILES string of the molecule is CN(C[C@@H]1CCCCN1CCO)C(=O)OCc1ccccc1. The van der Waals surface area contributed by atoms with Crippen LogP contribution in [0.5, 0.6) is 0 Å². The molecule has 0 aromatic heterocycles. The lowest BCUT2D eigenvalue weighted by Gasteiger charge is -2.37. The Kier molecular flexibility index (Phi) is 6.68. The van der Waals surface area contributed by atoms with Crippen LogP contribution in [-0.2, 0) is 11.3 Å². The second kappa shape index (κ2) is 8.76. The molecule has 1 aliphatic rings. The molecule has 1 heterocycles. The minimum atomic E-state index is -0.293. The minimum absolute atomic E-state index is 0.165. The van der Waals surface area contributed by atoms with Crippen molar-refractivity contribution in [1.29, 1.82) is 0 Å². The van der Waals surface area contributed by atoms with Crippen LogP contribution in [0.1, 0.15) is 24.8 Å². The Morgan fingerprint density at radius 1 is 1.36 bits per heavy atom. The number of carbonyl (C=O) groups is 1. The van der Waals surface area contributed by atoms with E-state index >= 15 is 0 Å². The molecule has 0 unspecified atom stereocenters. The minimum Gasteiger partial charge on any atom is -0.445 e. The molecule has 0 spiro atoms. The first kappa shape index (κ1) is 16.8. The molecule has 22 heavy (non-hydrogen) atoms. The third kappa shape index (κ3) is 5.00. The van der Waals surface area contributed by atoms with Crippen molar-refractivity contribution in [1.82, 2.24) is 9.80 Å². The zero-order valence-electron chi connectivity index (χ0n) is 13.3. The van der Waals surface area contributed by atoms with Gasteiger partial charge in [-0.15, -0.1) is 0 Å².